The van der Waals surface area contributed by atoms with Crippen LogP contribution in [0.3, 0.4) is 0 Å². The summed E-state index contributed by atoms with van der Waals surface area (Å²) in [6.45, 7) is 2.67. The van der Waals surface area contributed by atoms with Crippen LogP contribution in [0.1, 0.15) is 53.9 Å². The fourth-order valence-corrected chi connectivity index (χ4v) is 3.45. The minimum atomic E-state index is 0. The molecule has 0 radical (unpaired) electrons. The first-order valence-corrected chi connectivity index (χ1v) is 9.01. The van der Waals surface area contributed by atoms with Crippen LogP contribution in [0.15, 0.2) is 24.3 Å². The third-order valence-corrected chi connectivity index (χ3v) is 5.29. The minimum Gasteiger partial charge on any atom is -0.381 e. The maximum absolute atomic E-state index is 12.4. The third-order valence-electron chi connectivity index (χ3n) is 5.29. The minimum absolute atomic E-state index is 0. The number of rotatable bonds is 6. The van der Waals surface area contributed by atoms with E-state index in [2.05, 4.69) is 22.8 Å². The standard InChI is InChI=1S/C19H26N2O2.ClH/c22-19(21-16-6-8-23-9-7-16)15-3-1-2-14(10-15)17-11-18(17)20-12-13-4-5-13;/h1-3,10,13,16-18,20H,4-9,11-12H2,(H,21,22);1H/t17-,18+;/m0./s1. The number of hydrogen-bond acceptors (Lipinski definition) is 3. The largest absolute Gasteiger partial charge is 0.381 e. The van der Waals surface area contributed by atoms with Gasteiger partial charge >= 0.3 is 0 Å². The van der Waals surface area contributed by atoms with Crippen molar-refractivity contribution in [1.82, 2.24) is 10.6 Å². The van der Waals surface area contributed by atoms with Gasteiger partial charge in [0.05, 0.1) is 0 Å². The number of amides is 1. The predicted octanol–water partition coefficient (Wildman–Crippen LogP) is 2.87. The second-order valence-electron chi connectivity index (χ2n) is 7.29. The van der Waals surface area contributed by atoms with Gasteiger partial charge in [-0.2, -0.15) is 0 Å². The fraction of sp³-hybridized carbons (Fsp3) is 0.632. The highest BCUT2D eigenvalue weighted by Crippen LogP contribution is 2.41. The number of halogens is 1. The lowest BCUT2D eigenvalue weighted by molar-refractivity contribution is 0.0696. The Balaban J connectivity index is 0.00000169. The van der Waals surface area contributed by atoms with Crippen LogP contribution in [-0.2, 0) is 4.74 Å². The molecule has 3 aliphatic rings. The highest BCUT2D eigenvalue weighted by atomic mass is 35.5. The van der Waals surface area contributed by atoms with Crippen LogP contribution >= 0.6 is 12.4 Å². The van der Waals surface area contributed by atoms with E-state index in [4.69, 9.17) is 4.74 Å². The Morgan fingerprint density at radius 2 is 1.96 bits per heavy atom. The third kappa shape index (κ3) is 4.50. The summed E-state index contributed by atoms with van der Waals surface area (Å²) in [6.07, 6.45) is 5.83. The fourth-order valence-electron chi connectivity index (χ4n) is 3.45. The molecule has 132 valence electrons. The van der Waals surface area contributed by atoms with E-state index in [1.165, 1.54) is 31.4 Å². The summed E-state index contributed by atoms with van der Waals surface area (Å²) in [5.74, 6) is 1.57. The van der Waals surface area contributed by atoms with Gasteiger partial charge in [0.2, 0.25) is 0 Å². The van der Waals surface area contributed by atoms with E-state index in [0.29, 0.717) is 12.0 Å². The van der Waals surface area contributed by atoms with Gasteiger partial charge in [-0.15, -0.1) is 12.4 Å². The smallest absolute Gasteiger partial charge is 0.251 e. The number of nitrogens with one attached hydrogen (secondary N) is 2. The maximum Gasteiger partial charge on any atom is 0.251 e. The Kier molecular flexibility index (Phi) is 5.80. The highest BCUT2D eigenvalue weighted by Gasteiger charge is 2.39. The van der Waals surface area contributed by atoms with Crippen molar-refractivity contribution in [2.24, 2.45) is 5.92 Å². The molecule has 4 nitrogen and oxygen atoms in total. The molecule has 0 bridgehead atoms. The molecule has 1 amide bonds. The van der Waals surface area contributed by atoms with Gasteiger partial charge in [0.1, 0.15) is 0 Å². The van der Waals surface area contributed by atoms with Crippen molar-refractivity contribution >= 4 is 18.3 Å². The maximum atomic E-state index is 12.4. The van der Waals surface area contributed by atoms with Crippen LogP contribution in [0, 0.1) is 5.92 Å². The molecule has 0 aromatic heterocycles. The van der Waals surface area contributed by atoms with E-state index in [0.717, 1.165) is 37.5 Å². The molecular formula is C19H27ClN2O2. The van der Waals surface area contributed by atoms with Crippen molar-refractivity contribution in [3.05, 3.63) is 35.4 Å². The molecular weight excluding hydrogens is 324 g/mol. The van der Waals surface area contributed by atoms with Crippen molar-refractivity contribution in [2.45, 2.75) is 50.1 Å². The zero-order valence-corrected chi connectivity index (χ0v) is 14.8. The van der Waals surface area contributed by atoms with Gasteiger partial charge in [-0.1, -0.05) is 12.1 Å². The number of carbonyl (C=O) groups is 1. The van der Waals surface area contributed by atoms with Crippen LogP contribution in [-0.4, -0.2) is 37.7 Å². The summed E-state index contributed by atoms with van der Waals surface area (Å²) < 4.78 is 5.34. The van der Waals surface area contributed by atoms with Gasteiger partial charge in [-0.25, -0.2) is 0 Å². The van der Waals surface area contributed by atoms with E-state index in [9.17, 15) is 4.79 Å². The molecule has 1 aliphatic heterocycles. The van der Waals surface area contributed by atoms with E-state index in [1.54, 1.807) is 0 Å². The van der Waals surface area contributed by atoms with Crippen molar-refractivity contribution in [3.8, 4) is 0 Å². The van der Waals surface area contributed by atoms with Crippen LogP contribution in [0.25, 0.3) is 0 Å². The van der Waals surface area contributed by atoms with Gasteiger partial charge < -0.3 is 15.4 Å². The zero-order chi connectivity index (χ0) is 15.6. The number of benzene rings is 1. The highest BCUT2D eigenvalue weighted by molar-refractivity contribution is 5.94. The lowest BCUT2D eigenvalue weighted by atomic mass is 10.0. The summed E-state index contributed by atoms with van der Waals surface area (Å²) in [5.41, 5.74) is 2.10. The molecule has 2 aliphatic carbocycles. The summed E-state index contributed by atoms with van der Waals surface area (Å²) in [4.78, 5) is 12.4. The van der Waals surface area contributed by atoms with Crippen LogP contribution in [0.5, 0.6) is 0 Å². The monoisotopic (exact) mass is 350 g/mol. The van der Waals surface area contributed by atoms with Crippen LogP contribution in [0.4, 0.5) is 0 Å². The van der Waals surface area contributed by atoms with Gasteiger partial charge in [-0.3, -0.25) is 4.79 Å². The summed E-state index contributed by atoms with van der Waals surface area (Å²) in [7, 11) is 0. The molecule has 0 unspecified atom stereocenters. The number of ether oxygens (including phenoxy) is 1. The van der Waals surface area contributed by atoms with E-state index in [1.807, 2.05) is 12.1 Å². The van der Waals surface area contributed by atoms with Gasteiger partial charge in [0, 0.05) is 36.8 Å². The first-order chi connectivity index (χ1) is 11.3. The van der Waals surface area contributed by atoms with Gasteiger partial charge in [-0.05, 0) is 62.3 Å². The van der Waals surface area contributed by atoms with Crippen molar-refractivity contribution < 1.29 is 9.53 Å². The molecule has 2 N–H and O–H groups in total. The molecule has 2 saturated carbocycles. The van der Waals surface area contributed by atoms with Gasteiger partial charge in [0.25, 0.3) is 5.91 Å². The van der Waals surface area contributed by atoms with Gasteiger partial charge in [0.15, 0.2) is 0 Å². The Hall–Kier alpha value is -1.10. The average Bonchev–Trinajstić information content (AvgIpc) is 3.48. The lowest BCUT2D eigenvalue weighted by Crippen LogP contribution is -2.38. The Bertz CT molecular complexity index is 570. The molecule has 24 heavy (non-hydrogen) atoms. The molecule has 1 saturated heterocycles. The first kappa shape index (κ1) is 17.7. The van der Waals surface area contributed by atoms with Crippen molar-refractivity contribution in [1.29, 1.82) is 0 Å². The Labute approximate surface area is 150 Å². The number of carbonyl (C=O) groups excluding carboxylic acids is 1. The van der Waals surface area contributed by atoms with Crippen LogP contribution < -0.4 is 10.6 Å². The second kappa shape index (κ2) is 7.85. The second-order valence-corrected chi connectivity index (χ2v) is 7.29. The summed E-state index contributed by atoms with van der Waals surface area (Å²) >= 11 is 0. The molecule has 1 aromatic rings. The van der Waals surface area contributed by atoms with E-state index >= 15 is 0 Å². The Morgan fingerprint density at radius 3 is 2.71 bits per heavy atom. The average molecular weight is 351 g/mol. The summed E-state index contributed by atoms with van der Waals surface area (Å²) in [6, 6.07) is 9.06. The molecule has 1 heterocycles. The lowest BCUT2D eigenvalue weighted by Gasteiger charge is -2.23. The van der Waals surface area contributed by atoms with Crippen molar-refractivity contribution in [3.63, 3.8) is 0 Å². The normalized spacial score (nSPS) is 26.5. The van der Waals surface area contributed by atoms with E-state index in [-0.39, 0.29) is 24.4 Å². The predicted molar refractivity (Wildman–Crippen MR) is 96.9 cm³/mol. The molecule has 0 spiro atoms. The molecule has 1 aromatic carbocycles. The SMILES string of the molecule is Cl.O=C(NC1CCOCC1)c1cccc([C@@H]2C[C@H]2NCC2CC2)c1. The first-order valence-electron chi connectivity index (χ1n) is 9.01. The Morgan fingerprint density at radius 1 is 1.17 bits per heavy atom. The van der Waals surface area contributed by atoms with Crippen LogP contribution in [0.2, 0.25) is 0 Å². The topological polar surface area (TPSA) is 50.4 Å². The quantitative estimate of drug-likeness (QED) is 0.829. The molecule has 5 heteroatoms. The molecule has 4 rings (SSSR count). The molecule has 3 fully saturated rings. The van der Waals surface area contributed by atoms with E-state index < -0.39 is 0 Å². The number of hydrogen-bond donors (Lipinski definition) is 2. The summed E-state index contributed by atoms with van der Waals surface area (Å²) in [5, 5.41) is 6.81. The zero-order valence-electron chi connectivity index (χ0n) is 14.0. The van der Waals surface area contributed by atoms with Crippen molar-refractivity contribution in [2.75, 3.05) is 19.8 Å². The molecule has 2 atom stereocenters.